The SMILES string of the molecule is Cc1cc(S(=O)(=O)N2CCC(C(=O)N3CCCC(C)C3)CC2)ccc1Cl. The lowest BCUT2D eigenvalue weighted by molar-refractivity contribution is -0.138. The molecule has 1 atom stereocenters. The number of sulfonamides is 1. The van der Waals surface area contributed by atoms with Gasteiger partial charge in [0.15, 0.2) is 0 Å². The molecule has 0 spiro atoms. The van der Waals surface area contributed by atoms with Crippen molar-refractivity contribution in [3.63, 3.8) is 0 Å². The molecule has 0 aromatic heterocycles. The number of hydrogen-bond donors (Lipinski definition) is 0. The molecule has 26 heavy (non-hydrogen) atoms. The molecular formula is C19H27ClN2O3S. The minimum atomic E-state index is -3.53. The van der Waals surface area contributed by atoms with E-state index in [4.69, 9.17) is 11.6 Å². The predicted molar refractivity (Wildman–Crippen MR) is 103 cm³/mol. The van der Waals surface area contributed by atoms with Gasteiger partial charge in [0.2, 0.25) is 15.9 Å². The van der Waals surface area contributed by atoms with E-state index in [-0.39, 0.29) is 16.7 Å². The predicted octanol–water partition coefficient (Wildman–Crippen LogP) is 3.31. The second-order valence-electron chi connectivity index (χ2n) is 7.62. The molecule has 144 valence electrons. The van der Waals surface area contributed by atoms with Crippen LogP contribution in [0.25, 0.3) is 0 Å². The second-order valence-corrected chi connectivity index (χ2v) is 9.97. The van der Waals surface area contributed by atoms with Crippen LogP contribution in [0.3, 0.4) is 0 Å². The first-order valence-corrected chi connectivity index (χ1v) is 11.2. The minimum absolute atomic E-state index is 0.0568. The molecule has 1 aromatic rings. The average molecular weight is 399 g/mol. The zero-order valence-corrected chi connectivity index (χ0v) is 17.0. The van der Waals surface area contributed by atoms with Crippen LogP contribution in [0.5, 0.6) is 0 Å². The number of hydrogen-bond acceptors (Lipinski definition) is 3. The monoisotopic (exact) mass is 398 g/mol. The third kappa shape index (κ3) is 4.07. The van der Waals surface area contributed by atoms with Gasteiger partial charge < -0.3 is 4.90 Å². The Hall–Kier alpha value is -1.11. The first-order valence-electron chi connectivity index (χ1n) is 9.34. The maximum absolute atomic E-state index is 12.9. The quantitative estimate of drug-likeness (QED) is 0.784. The molecule has 5 nitrogen and oxygen atoms in total. The number of likely N-dealkylation sites (tertiary alicyclic amines) is 1. The summed E-state index contributed by atoms with van der Waals surface area (Å²) in [4.78, 5) is 15.0. The molecule has 0 saturated carbocycles. The summed E-state index contributed by atoms with van der Waals surface area (Å²) in [5.74, 6) is 0.705. The van der Waals surface area contributed by atoms with Crippen LogP contribution in [0.15, 0.2) is 23.1 Å². The standard InChI is InChI=1S/C19H27ClN2O3S/c1-14-4-3-9-21(13-14)19(23)16-7-10-22(11-8-16)26(24,25)17-5-6-18(20)15(2)12-17/h5-6,12,14,16H,3-4,7-11,13H2,1-2H3. The maximum atomic E-state index is 12.9. The molecule has 0 N–H and O–H groups in total. The van der Waals surface area contributed by atoms with Crippen LogP contribution in [-0.4, -0.2) is 49.7 Å². The van der Waals surface area contributed by atoms with E-state index in [1.54, 1.807) is 25.1 Å². The molecule has 2 aliphatic heterocycles. The molecule has 1 unspecified atom stereocenters. The van der Waals surface area contributed by atoms with Gasteiger partial charge in [-0.1, -0.05) is 18.5 Å². The number of carbonyl (C=O) groups is 1. The lowest BCUT2D eigenvalue weighted by atomic mass is 9.93. The van der Waals surface area contributed by atoms with E-state index < -0.39 is 10.0 Å². The van der Waals surface area contributed by atoms with Crippen LogP contribution < -0.4 is 0 Å². The molecule has 2 saturated heterocycles. The normalized spacial score (nSPS) is 23.2. The lowest BCUT2D eigenvalue weighted by Crippen LogP contribution is -2.46. The lowest BCUT2D eigenvalue weighted by Gasteiger charge is -2.36. The van der Waals surface area contributed by atoms with Crippen molar-refractivity contribution in [2.24, 2.45) is 11.8 Å². The van der Waals surface area contributed by atoms with E-state index in [2.05, 4.69) is 6.92 Å². The largest absolute Gasteiger partial charge is 0.342 e. The van der Waals surface area contributed by atoms with Crippen LogP contribution in [-0.2, 0) is 14.8 Å². The van der Waals surface area contributed by atoms with Gasteiger partial charge in [-0.2, -0.15) is 4.31 Å². The average Bonchev–Trinajstić information content (AvgIpc) is 2.63. The molecule has 0 radical (unpaired) electrons. The van der Waals surface area contributed by atoms with E-state index in [1.807, 2.05) is 4.90 Å². The fourth-order valence-electron chi connectivity index (χ4n) is 3.92. The Bertz CT molecular complexity index is 773. The number of aryl methyl sites for hydroxylation is 1. The van der Waals surface area contributed by atoms with Gasteiger partial charge in [0, 0.05) is 37.1 Å². The highest BCUT2D eigenvalue weighted by Crippen LogP contribution is 2.28. The van der Waals surface area contributed by atoms with Crippen LogP contribution in [0.1, 0.15) is 38.2 Å². The summed E-state index contributed by atoms with van der Waals surface area (Å²) >= 11 is 6.00. The first kappa shape index (κ1) is 19.6. The van der Waals surface area contributed by atoms with E-state index in [1.165, 1.54) is 10.7 Å². The fourth-order valence-corrected chi connectivity index (χ4v) is 5.59. The molecule has 1 amide bonds. The number of rotatable bonds is 3. The Labute approximate surface area is 161 Å². The van der Waals surface area contributed by atoms with Crippen LogP contribution >= 0.6 is 11.6 Å². The minimum Gasteiger partial charge on any atom is -0.342 e. The van der Waals surface area contributed by atoms with Gasteiger partial charge in [-0.05, 0) is 62.3 Å². The number of benzene rings is 1. The summed E-state index contributed by atoms with van der Waals surface area (Å²) in [6.45, 7) is 6.44. The Morgan fingerprint density at radius 2 is 1.85 bits per heavy atom. The van der Waals surface area contributed by atoms with Gasteiger partial charge in [0.25, 0.3) is 0 Å². The van der Waals surface area contributed by atoms with Gasteiger partial charge in [0.05, 0.1) is 4.90 Å². The number of amides is 1. The van der Waals surface area contributed by atoms with Gasteiger partial charge in [-0.15, -0.1) is 0 Å². The first-order chi connectivity index (χ1) is 12.3. The molecule has 7 heteroatoms. The highest BCUT2D eigenvalue weighted by molar-refractivity contribution is 7.89. The fraction of sp³-hybridized carbons (Fsp3) is 0.632. The summed E-state index contributed by atoms with van der Waals surface area (Å²) in [6, 6.07) is 4.79. The van der Waals surface area contributed by atoms with Crippen molar-refractivity contribution < 1.29 is 13.2 Å². The highest BCUT2D eigenvalue weighted by Gasteiger charge is 2.34. The smallest absolute Gasteiger partial charge is 0.243 e. The van der Waals surface area contributed by atoms with Crippen LogP contribution in [0.2, 0.25) is 5.02 Å². The zero-order chi connectivity index (χ0) is 18.9. The maximum Gasteiger partial charge on any atom is 0.243 e. The summed E-state index contributed by atoms with van der Waals surface area (Å²) in [5, 5.41) is 0.559. The molecule has 0 bridgehead atoms. The van der Waals surface area contributed by atoms with Crippen molar-refractivity contribution in [1.29, 1.82) is 0 Å². The third-order valence-electron chi connectivity index (χ3n) is 5.54. The van der Waals surface area contributed by atoms with Crippen LogP contribution in [0, 0.1) is 18.8 Å². The summed E-state index contributed by atoms with van der Waals surface area (Å²) in [7, 11) is -3.53. The molecule has 2 aliphatic rings. The zero-order valence-electron chi connectivity index (χ0n) is 15.4. The van der Waals surface area contributed by atoms with Gasteiger partial charge in [-0.3, -0.25) is 4.79 Å². The molecule has 0 aliphatic carbocycles. The molecule has 2 heterocycles. The molecule has 2 fully saturated rings. The van der Waals surface area contributed by atoms with Crippen molar-refractivity contribution >= 4 is 27.5 Å². The van der Waals surface area contributed by atoms with E-state index in [9.17, 15) is 13.2 Å². The van der Waals surface area contributed by atoms with Crippen LogP contribution in [0.4, 0.5) is 0 Å². The van der Waals surface area contributed by atoms with E-state index >= 15 is 0 Å². The van der Waals surface area contributed by atoms with Crippen molar-refractivity contribution in [3.8, 4) is 0 Å². The number of piperidine rings is 2. The van der Waals surface area contributed by atoms with Crippen molar-refractivity contribution in [1.82, 2.24) is 9.21 Å². The molecule has 3 rings (SSSR count). The summed E-state index contributed by atoms with van der Waals surface area (Å²) < 4.78 is 27.2. The highest BCUT2D eigenvalue weighted by atomic mass is 35.5. The van der Waals surface area contributed by atoms with Crippen molar-refractivity contribution in [2.45, 2.75) is 44.4 Å². The Balaban J connectivity index is 1.64. The summed E-state index contributed by atoms with van der Waals surface area (Å²) in [6.07, 6.45) is 3.43. The Kier molecular flexibility index (Phi) is 5.94. The number of halogens is 1. The number of nitrogens with zero attached hydrogens (tertiary/aromatic N) is 2. The van der Waals surface area contributed by atoms with Crippen molar-refractivity contribution in [2.75, 3.05) is 26.2 Å². The van der Waals surface area contributed by atoms with E-state index in [0.29, 0.717) is 36.9 Å². The number of carbonyl (C=O) groups excluding carboxylic acids is 1. The van der Waals surface area contributed by atoms with E-state index in [0.717, 1.165) is 25.1 Å². The Morgan fingerprint density at radius 1 is 1.15 bits per heavy atom. The second kappa shape index (κ2) is 7.87. The van der Waals surface area contributed by atoms with Crippen molar-refractivity contribution in [3.05, 3.63) is 28.8 Å². The van der Waals surface area contributed by atoms with Gasteiger partial charge in [0.1, 0.15) is 0 Å². The van der Waals surface area contributed by atoms with Gasteiger partial charge in [-0.25, -0.2) is 8.42 Å². The van der Waals surface area contributed by atoms with Gasteiger partial charge >= 0.3 is 0 Å². The Morgan fingerprint density at radius 3 is 2.46 bits per heavy atom. The summed E-state index contributed by atoms with van der Waals surface area (Å²) in [5.41, 5.74) is 0.747. The topological polar surface area (TPSA) is 57.7 Å². The molecular weight excluding hydrogens is 372 g/mol. The third-order valence-corrected chi connectivity index (χ3v) is 7.86. The molecule has 1 aromatic carbocycles.